The molecule has 0 fully saturated rings. The lowest BCUT2D eigenvalue weighted by Crippen LogP contribution is -2.30. The van der Waals surface area contributed by atoms with E-state index in [0.717, 1.165) is 116 Å². The van der Waals surface area contributed by atoms with Crippen molar-refractivity contribution in [3.05, 3.63) is 72.9 Å². The Morgan fingerprint density at radius 2 is 0.562 bits per heavy atom. The Hall–Kier alpha value is -3.15. The smallest absolute Gasteiger partial charge is 0.306 e. The van der Waals surface area contributed by atoms with E-state index in [2.05, 4.69) is 93.7 Å². The second kappa shape index (κ2) is 61.4. The summed E-state index contributed by atoms with van der Waals surface area (Å²) in [6, 6.07) is 0. The van der Waals surface area contributed by atoms with Gasteiger partial charge in [-0.05, 0) is 103 Å². The normalized spacial score (nSPS) is 12.5. The molecule has 0 bridgehead atoms. The number of carbonyl (C=O) groups excluding carboxylic acids is 3. The number of hydrogen-bond acceptors (Lipinski definition) is 6. The molecule has 0 saturated heterocycles. The molecule has 0 aromatic rings. The Balaban J connectivity index is 4.17. The molecule has 0 aliphatic rings. The Morgan fingerprint density at radius 1 is 0.288 bits per heavy atom. The topological polar surface area (TPSA) is 78.9 Å². The van der Waals surface area contributed by atoms with Crippen molar-refractivity contribution < 1.29 is 28.6 Å². The third kappa shape index (κ3) is 59.6. The summed E-state index contributed by atoms with van der Waals surface area (Å²) < 4.78 is 16.8. The molecular formula is C67H118O6. The second-order valence-corrected chi connectivity index (χ2v) is 20.9. The van der Waals surface area contributed by atoms with Gasteiger partial charge in [-0.25, -0.2) is 0 Å². The Morgan fingerprint density at radius 3 is 0.918 bits per heavy atom. The highest BCUT2D eigenvalue weighted by Crippen LogP contribution is 2.17. The average Bonchev–Trinajstić information content (AvgIpc) is 3.39. The predicted molar refractivity (Wildman–Crippen MR) is 316 cm³/mol. The highest BCUT2D eigenvalue weighted by atomic mass is 16.6. The van der Waals surface area contributed by atoms with Crippen molar-refractivity contribution in [1.29, 1.82) is 0 Å². The van der Waals surface area contributed by atoms with E-state index >= 15 is 0 Å². The van der Waals surface area contributed by atoms with Crippen LogP contribution in [0.3, 0.4) is 0 Å². The Labute approximate surface area is 453 Å². The van der Waals surface area contributed by atoms with Gasteiger partial charge in [0.15, 0.2) is 6.10 Å². The SMILES string of the molecule is CC/C=C\C/C=C\C/C=C\CCCCCC(=O)OC(COC(=O)CCCCCCC/C=C\C/C=C\CCC)COC(=O)CCCCCCCCCCCCCCCCCCC/C=C\CCCCCCCCCC. The third-order valence-corrected chi connectivity index (χ3v) is 13.6. The molecule has 0 aromatic carbocycles. The van der Waals surface area contributed by atoms with Crippen LogP contribution in [0.1, 0.15) is 316 Å². The molecule has 0 rings (SSSR count). The number of carbonyl (C=O) groups is 3. The molecule has 0 saturated carbocycles. The minimum Gasteiger partial charge on any atom is -0.462 e. The van der Waals surface area contributed by atoms with E-state index < -0.39 is 6.10 Å². The van der Waals surface area contributed by atoms with Crippen molar-refractivity contribution >= 4 is 17.9 Å². The summed E-state index contributed by atoms with van der Waals surface area (Å²) >= 11 is 0. The molecule has 6 nitrogen and oxygen atoms in total. The molecule has 1 atom stereocenters. The van der Waals surface area contributed by atoms with Crippen molar-refractivity contribution in [2.75, 3.05) is 13.2 Å². The van der Waals surface area contributed by atoms with Crippen LogP contribution in [0.5, 0.6) is 0 Å². The summed E-state index contributed by atoms with van der Waals surface area (Å²) in [4.78, 5) is 38.1. The van der Waals surface area contributed by atoms with E-state index in [1.54, 1.807) is 0 Å². The van der Waals surface area contributed by atoms with Crippen LogP contribution in [-0.2, 0) is 28.6 Å². The molecule has 0 aliphatic carbocycles. The van der Waals surface area contributed by atoms with Crippen LogP contribution in [0, 0.1) is 0 Å². The molecule has 73 heavy (non-hydrogen) atoms. The zero-order valence-corrected chi connectivity index (χ0v) is 48.4. The maximum Gasteiger partial charge on any atom is 0.306 e. The van der Waals surface area contributed by atoms with E-state index in [9.17, 15) is 14.4 Å². The van der Waals surface area contributed by atoms with Gasteiger partial charge in [0.1, 0.15) is 13.2 Å². The van der Waals surface area contributed by atoms with Gasteiger partial charge in [-0.3, -0.25) is 14.4 Å². The summed E-state index contributed by atoms with van der Waals surface area (Å²) in [7, 11) is 0. The van der Waals surface area contributed by atoms with E-state index in [0.29, 0.717) is 19.3 Å². The number of hydrogen-bond donors (Lipinski definition) is 0. The van der Waals surface area contributed by atoms with Crippen molar-refractivity contribution in [2.45, 2.75) is 322 Å². The van der Waals surface area contributed by atoms with Crippen molar-refractivity contribution in [3.8, 4) is 0 Å². The average molecular weight is 1020 g/mol. The zero-order chi connectivity index (χ0) is 52.9. The van der Waals surface area contributed by atoms with Crippen LogP contribution in [0.15, 0.2) is 72.9 Å². The zero-order valence-electron chi connectivity index (χ0n) is 48.4. The number of esters is 3. The molecule has 0 N–H and O–H groups in total. The second-order valence-electron chi connectivity index (χ2n) is 20.9. The molecule has 0 spiro atoms. The fraction of sp³-hybridized carbons (Fsp3) is 0.776. The minimum atomic E-state index is -0.796. The summed E-state index contributed by atoms with van der Waals surface area (Å²) in [5, 5.41) is 0. The molecule has 0 aromatic heterocycles. The van der Waals surface area contributed by atoms with Crippen LogP contribution in [0.2, 0.25) is 0 Å². The maximum atomic E-state index is 12.8. The van der Waals surface area contributed by atoms with Gasteiger partial charge >= 0.3 is 17.9 Å². The molecule has 0 radical (unpaired) electrons. The number of ether oxygens (including phenoxy) is 3. The highest BCUT2D eigenvalue weighted by Gasteiger charge is 2.19. The fourth-order valence-electron chi connectivity index (χ4n) is 8.96. The van der Waals surface area contributed by atoms with Crippen LogP contribution >= 0.6 is 0 Å². The maximum absolute atomic E-state index is 12.8. The fourth-order valence-corrected chi connectivity index (χ4v) is 8.96. The summed E-state index contributed by atoms with van der Waals surface area (Å²) in [5.41, 5.74) is 0. The molecule has 422 valence electrons. The van der Waals surface area contributed by atoms with E-state index in [4.69, 9.17) is 14.2 Å². The molecule has 0 heterocycles. The van der Waals surface area contributed by atoms with E-state index in [-0.39, 0.29) is 31.1 Å². The van der Waals surface area contributed by atoms with Gasteiger partial charge in [0.05, 0.1) is 0 Å². The molecule has 0 aliphatic heterocycles. The first kappa shape index (κ1) is 69.8. The van der Waals surface area contributed by atoms with Crippen LogP contribution in [-0.4, -0.2) is 37.2 Å². The molecule has 1 unspecified atom stereocenters. The van der Waals surface area contributed by atoms with Crippen molar-refractivity contribution in [1.82, 2.24) is 0 Å². The van der Waals surface area contributed by atoms with Gasteiger partial charge in [-0.2, -0.15) is 0 Å². The Bertz CT molecular complexity index is 1360. The summed E-state index contributed by atoms with van der Waals surface area (Å²) in [6.07, 6.45) is 79.3. The molecular weight excluding hydrogens is 901 g/mol. The lowest BCUT2D eigenvalue weighted by atomic mass is 10.0. The van der Waals surface area contributed by atoms with Gasteiger partial charge in [0.2, 0.25) is 0 Å². The van der Waals surface area contributed by atoms with Crippen LogP contribution in [0.25, 0.3) is 0 Å². The van der Waals surface area contributed by atoms with Crippen LogP contribution < -0.4 is 0 Å². The van der Waals surface area contributed by atoms with Crippen molar-refractivity contribution in [3.63, 3.8) is 0 Å². The number of rotatable bonds is 57. The quantitative estimate of drug-likeness (QED) is 0.0261. The van der Waals surface area contributed by atoms with Gasteiger partial charge in [0, 0.05) is 19.3 Å². The first-order valence-electron chi connectivity index (χ1n) is 31.4. The third-order valence-electron chi connectivity index (χ3n) is 13.6. The highest BCUT2D eigenvalue weighted by molar-refractivity contribution is 5.71. The lowest BCUT2D eigenvalue weighted by molar-refractivity contribution is -0.167. The predicted octanol–water partition coefficient (Wildman–Crippen LogP) is 21.3. The monoisotopic (exact) mass is 1020 g/mol. The number of allylic oxidation sites excluding steroid dienone is 12. The number of unbranched alkanes of at least 4 members (excludes halogenated alkanes) is 34. The first-order chi connectivity index (χ1) is 36.0. The van der Waals surface area contributed by atoms with E-state index in [1.807, 2.05) is 0 Å². The van der Waals surface area contributed by atoms with Crippen LogP contribution in [0.4, 0.5) is 0 Å². The largest absolute Gasteiger partial charge is 0.462 e. The van der Waals surface area contributed by atoms with Gasteiger partial charge in [0.25, 0.3) is 0 Å². The standard InChI is InChI=1S/C67H118O6/c1-4-7-10-13-16-19-22-25-26-27-28-29-30-31-32-33-34-35-36-37-38-39-40-43-45-48-51-54-57-60-66(69)72-63-64(73-67(70)61-58-55-52-49-46-42-24-21-18-15-12-9-6-3)62-71-65(68)59-56-53-50-47-44-41-23-20-17-14-11-8-5-2/h9,11-12,14,18,20-21,23,27-28,42,46,64H,4-8,10,13,15-17,19,22,24-26,29-41,43-45,47-63H2,1-3H3/b12-9-,14-11-,21-18-,23-20-,28-27-,46-42-. The van der Waals surface area contributed by atoms with Crippen molar-refractivity contribution in [2.24, 2.45) is 0 Å². The van der Waals surface area contributed by atoms with E-state index in [1.165, 1.54) is 161 Å². The summed E-state index contributed by atoms with van der Waals surface area (Å²) in [5.74, 6) is -0.925. The van der Waals surface area contributed by atoms with Gasteiger partial charge in [-0.1, -0.05) is 267 Å². The molecule has 0 amide bonds. The minimum absolute atomic E-state index is 0.0901. The Kier molecular flexibility index (Phi) is 58.7. The first-order valence-corrected chi connectivity index (χ1v) is 31.4. The van der Waals surface area contributed by atoms with Gasteiger partial charge < -0.3 is 14.2 Å². The molecule has 6 heteroatoms. The summed E-state index contributed by atoms with van der Waals surface area (Å²) in [6.45, 7) is 6.45. The van der Waals surface area contributed by atoms with Gasteiger partial charge in [-0.15, -0.1) is 0 Å². The lowest BCUT2D eigenvalue weighted by Gasteiger charge is -2.18.